The molecule has 0 aliphatic carbocycles. The van der Waals surface area contributed by atoms with E-state index in [4.69, 9.17) is 9.47 Å². The first kappa shape index (κ1) is 14.9. The molecule has 0 atom stereocenters. The Kier molecular flexibility index (Phi) is 4.65. The van der Waals surface area contributed by atoms with Crippen molar-refractivity contribution in [1.29, 1.82) is 0 Å². The molecule has 0 radical (unpaired) electrons. The van der Waals surface area contributed by atoms with Crippen LogP contribution in [0.15, 0.2) is 24.3 Å². The Morgan fingerprint density at radius 3 is 2.40 bits per heavy atom. The van der Waals surface area contributed by atoms with Crippen molar-refractivity contribution in [2.75, 3.05) is 25.6 Å². The molecule has 0 bridgehead atoms. The maximum absolute atomic E-state index is 11.8. The highest BCUT2D eigenvalue weighted by Gasteiger charge is 2.30. The van der Waals surface area contributed by atoms with Gasteiger partial charge in [-0.1, -0.05) is 12.1 Å². The number of anilines is 1. The van der Waals surface area contributed by atoms with E-state index >= 15 is 0 Å². The lowest BCUT2D eigenvalue weighted by atomic mass is 9.84. The van der Waals surface area contributed by atoms with Crippen molar-refractivity contribution < 1.29 is 14.3 Å². The summed E-state index contributed by atoms with van der Waals surface area (Å²) in [5, 5.41) is 3.51. The Bertz CT molecular complexity index is 447. The van der Waals surface area contributed by atoms with Crippen molar-refractivity contribution in [2.45, 2.75) is 38.1 Å². The maximum atomic E-state index is 11.8. The topological polar surface area (TPSA) is 47.6 Å². The molecular weight excluding hydrogens is 254 g/mol. The largest absolute Gasteiger partial charge is 0.468 e. The third-order valence-corrected chi connectivity index (χ3v) is 3.89. The highest BCUT2D eigenvalue weighted by Crippen LogP contribution is 2.26. The van der Waals surface area contributed by atoms with Gasteiger partial charge in [0, 0.05) is 24.9 Å². The molecule has 1 aromatic carbocycles. The van der Waals surface area contributed by atoms with Crippen molar-refractivity contribution in [3.63, 3.8) is 0 Å². The summed E-state index contributed by atoms with van der Waals surface area (Å²) < 4.78 is 10.2. The average molecular weight is 277 g/mol. The molecule has 0 saturated carbocycles. The predicted octanol–water partition coefficient (Wildman–Crippen LogP) is 2.73. The zero-order valence-electron chi connectivity index (χ0n) is 12.4. The molecule has 20 heavy (non-hydrogen) atoms. The molecule has 2 rings (SSSR count). The van der Waals surface area contributed by atoms with Crippen LogP contribution in [0, 0.1) is 0 Å². The first-order chi connectivity index (χ1) is 9.54. The Morgan fingerprint density at radius 2 is 1.85 bits per heavy atom. The van der Waals surface area contributed by atoms with Gasteiger partial charge in [-0.3, -0.25) is 4.79 Å². The van der Waals surface area contributed by atoms with Crippen molar-refractivity contribution in [3.8, 4) is 0 Å². The van der Waals surface area contributed by atoms with Crippen LogP contribution in [0.2, 0.25) is 0 Å². The average Bonchev–Trinajstić information content (AvgIpc) is 2.48. The molecular formula is C16H23NO3. The molecule has 1 fully saturated rings. The smallest absolute Gasteiger partial charge is 0.315 e. The number of methoxy groups -OCH3 is 1. The summed E-state index contributed by atoms with van der Waals surface area (Å²) in [6.45, 7) is 5.40. The van der Waals surface area contributed by atoms with Gasteiger partial charge in [-0.25, -0.2) is 0 Å². The Morgan fingerprint density at radius 1 is 1.25 bits per heavy atom. The van der Waals surface area contributed by atoms with Crippen LogP contribution in [0.4, 0.5) is 5.69 Å². The van der Waals surface area contributed by atoms with Gasteiger partial charge in [0.1, 0.15) is 0 Å². The van der Waals surface area contributed by atoms with Gasteiger partial charge in [-0.2, -0.15) is 0 Å². The molecule has 110 valence electrons. The van der Waals surface area contributed by atoms with Gasteiger partial charge in [0.05, 0.1) is 12.5 Å². The molecule has 1 aromatic rings. The monoisotopic (exact) mass is 277 g/mol. The van der Waals surface area contributed by atoms with Crippen LogP contribution in [0.1, 0.15) is 32.3 Å². The standard InChI is InChI=1S/C16H23NO3/c1-16(2,15(18)19-3)12-4-6-13(7-5-12)17-14-8-10-20-11-9-14/h4-7,14,17H,8-11H2,1-3H3. The van der Waals surface area contributed by atoms with Gasteiger partial charge in [-0.05, 0) is 44.4 Å². The first-order valence-electron chi connectivity index (χ1n) is 7.07. The van der Waals surface area contributed by atoms with Gasteiger partial charge in [0.2, 0.25) is 0 Å². The lowest BCUT2D eigenvalue weighted by Gasteiger charge is -2.25. The fourth-order valence-electron chi connectivity index (χ4n) is 2.43. The van der Waals surface area contributed by atoms with Crippen LogP contribution in [-0.4, -0.2) is 32.3 Å². The number of hydrogen-bond acceptors (Lipinski definition) is 4. The molecule has 0 amide bonds. The summed E-state index contributed by atoms with van der Waals surface area (Å²) in [5.74, 6) is -0.220. The van der Waals surface area contributed by atoms with Crippen LogP contribution < -0.4 is 5.32 Å². The molecule has 1 saturated heterocycles. The number of carbonyl (C=O) groups excluding carboxylic acids is 1. The second-order valence-corrected chi connectivity index (χ2v) is 5.72. The van der Waals surface area contributed by atoms with E-state index in [1.807, 2.05) is 38.1 Å². The van der Waals surface area contributed by atoms with Crippen LogP contribution in [0.5, 0.6) is 0 Å². The van der Waals surface area contributed by atoms with Crippen LogP contribution in [-0.2, 0) is 19.7 Å². The fourth-order valence-corrected chi connectivity index (χ4v) is 2.43. The van der Waals surface area contributed by atoms with Crippen LogP contribution in [0.25, 0.3) is 0 Å². The molecule has 1 aliphatic heterocycles. The van der Waals surface area contributed by atoms with E-state index in [2.05, 4.69) is 5.32 Å². The molecule has 0 spiro atoms. The normalized spacial score (nSPS) is 16.8. The van der Waals surface area contributed by atoms with Crippen molar-refractivity contribution in [1.82, 2.24) is 0 Å². The van der Waals surface area contributed by atoms with Gasteiger partial charge >= 0.3 is 5.97 Å². The summed E-state index contributed by atoms with van der Waals surface area (Å²) in [7, 11) is 1.42. The van der Waals surface area contributed by atoms with Gasteiger partial charge < -0.3 is 14.8 Å². The zero-order chi connectivity index (χ0) is 14.6. The summed E-state index contributed by atoms with van der Waals surface area (Å²) in [4.78, 5) is 11.8. The van der Waals surface area contributed by atoms with E-state index in [9.17, 15) is 4.79 Å². The Labute approximate surface area is 120 Å². The molecule has 4 heteroatoms. The van der Waals surface area contributed by atoms with Crippen LogP contribution >= 0.6 is 0 Å². The number of hydrogen-bond donors (Lipinski definition) is 1. The second kappa shape index (κ2) is 6.27. The summed E-state index contributed by atoms with van der Waals surface area (Å²) in [6, 6.07) is 8.49. The lowest BCUT2D eigenvalue weighted by Crippen LogP contribution is -2.30. The molecule has 1 N–H and O–H groups in total. The molecule has 1 aliphatic rings. The van der Waals surface area contributed by atoms with E-state index in [0.717, 1.165) is 37.3 Å². The maximum Gasteiger partial charge on any atom is 0.315 e. The number of benzene rings is 1. The number of esters is 1. The number of carbonyl (C=O) groups is 1. The third-order valence-electron chi connectivity index (χ3n) is 3.89. The fraction of sp³-hybridized carbons (Fsp3) is 0.562. The molecule has 1 heterocycles. The predicted molar refractivity (Wildman–Crippen MR) is 78.9 cm³/mol. The number of ether oxygens (including phenoxy) is 2. The highest BCUT2D eigenvalue weighted by molar-refractivity contribution is 5.82. The Balaban J connectivity index is 2.04. The Hall–Kier alpha value is -1.55. The van der Waals surface area contributed by atoms with Crippen molar-refractivity contribution in [3.05, 3.63) is 29.8 Å². The second-order valence-electron chi connectivity index (χ2n) is 5.72. The van der Waals surface area contributed by atoms with Gasteiger partial charge in [-0.15, -0.1) is 0 Å². The van der Waals surface area contributed by atoms with Gasteiger partial charge in [0.15, 0.2) is 0 Å². The zero-order valence-corrected chi connectivity index (χ0v) is 12.4. The molecule has 0 aromatic heterocycles. The van der Waals surface area contributed by atoms with Gasteiger partial charge in [0.25, 0.3) is 0 Å². The summed E-state index contributed by atoms with van der Waals surface area (Å²) >= 11 is 0. The minimum Gasteiger partial charge on any atom is -0.468 e. The van der Waals surface area contributed by atoms with E-state index in [-0.39, 0.29) is 5.97 Å². The minimum atomic E-state index is -0.619. The first-order valence-corrected chi connectivity index (χ1v) is 7.07. The quantitative estimate of drug-likeness (QED) is 0.860. The lowest BCUT2D eigenvalue weighted by molar-refractivity contribution is -0.146. The SMILES string of the molecule is COC(=O)C(C)(C)c1ccc(NC2CCOCC2)cc1. The third kappa shape index (κ3) is 3.31. The summed E-state index contributed by atoms with van der Waals surface area (Å²) in [5.41, 5.74) is 1.43. The van der Waals surface area contributed by atoms with E-state index < -0.39 is 5.41 Å². The summed E-state index contributed by atoms with van der Waals surface area (Å²) in [6.07, 6.45) is 2.07. The molecule has 4 nitrogen and oxygen atoms in total. The van der Waals surface area contributed by atoms with E-state index in [1.165, 1.54) is 7.11 Å². The van der Waals surface area contributed by atoms with E-state index in [0.29, 0.717) is 6.04 Å². The number of rotatable bonds is 4. The highest BCUT2D eigenvalue weighted by atomic mass is 16.5. The van der Waals surface area contributed by atoms with E-state index in [1.54, 1.807) is 0 Å². The van der Waals surface area contributed by atoms with Crippen molar-refractivity contribution in [2.24, 2.45) is 0 Å². The van der Waals surface area contributed by atoms with Crippen molar-refractivity contribution >= 4 is 11.7 Å². The molecule has 0 unspecified atom stereocenters. The number of nitrogens with one attached hydrogen (secondary N) is 1. The van der Waals surface area contributed by atoms with Crippen LogP contribution in [0.3, 0.4) is 0 Å². The minimum absolute atomic E-state index is 0.220.